The molecule has 3 aromatic rings. The van der Waals surface area contributed by atoms with Gasteiger partial charge in [-0.2, -0.15) is 5.10 Å². The lowest BCUT2D eigenvalue weighted by Gasteiger charge is -2.10. The van der Waals surface area contributed by atoms with Crippen LogP contribution in [0.25, 0.3) is 11.0 Å². The summed E-state index contributed by atoms with van der Waals surface area (Å²) in [5, 5.41) is 12.3. The van der Waals surface area contributed by atoms with Crippen molar-refractivity contribution >= 4 is 11.0 Å². The van der Waals surface area contributed by atoms with Crippen molar-refractivity contribution in [3.63, 3.8) is 0 Å². The van der Waals surface area contributed by atoms with Crippen LogP contribution in [0.1, 0.15) is 18.5 Å². The molecule has 1 aromatic carbocycles. The van der Waals surface area contributed by atoms with Crippen LogP contribution in [0.3, 0.4) is 0 Å². The molecule has 0 N–H and O–H groups in total. The van der Waals surface area contributed by atoms with E-state index < -0.39 is 11.6 Å². The molecule has 0 bridgehead atoms. The number of nitrogens with zero attached hydrogens (tertiary/aromatic N) is 5. The van der Waals surface area contributed by atoms with Crippen molar-refractivity contribution in [2.45, 2.75) is 25.6 Å². The van der Waals surface area contributed by atoms with Gasteiger partial charge in [0.15, 0.2) is 5.52 Å². The molecule has 1 saturated carbocycles. The highest BCUT2D eigenvalue weighted by Gasteiger charge is 2.60. The molecule has 4 atom stereocenters. The Morgan fingerprint density at radius 1 is 1.31 bits per heavy atom. The quantitative estimate of drug-likeness (QED) is 0.709. The van der Waals surface area contributed by atoms with E-state index in [2.05, 4.69) is 15.4 Å². The lowest BCUT2D eigenvalue weighted by molar-refractivity contribution is 0.0797. The third-order valence-corrected chi connectivity index (χ3v) is 5.35. The number of hydrogen-bond donors (Lipinski definition) is 0. The number of aromatic nitrogens is 5. The minimum atomic E-state index is -0.659. The normalized spacial score (nSPS) is 27.0. The highest BCUT2D eigenvalue weighted by Crippen LogP contribution is 2.56. The highest BCUT2D eigenvalue weighted by molar-refractivity contribution is 5.71. The molecule has 1 aliphatic heterocycles. The van der Waals surface area contributed by atoms with Crippen LogP contribution >= 0.6 is 0 Å². The fourth-order valence-corrected chi connectivity index (χ4v) is 3.94. The first kappa shape index (κ1) is 15.6. The Bertz CT molecular complexity index is 1060. The van der Waals surface area contributed by atoms with Crippen LogP contribution in [0.4, 0.5) is 8.78 Å². The van der Waals surface area contributed by atoms with Crippen molar-refractivity contribution < 1.29 is 13.5 Å². The van der Waals surface area contributed by atoms with E-state index in [-0.39, 0.29) is 47.2 Å². The van der Waals surface area contributed by atoms with Crippen molar-refractivity contribution in [1.82, 2.24) is 24.8 Å². The molecule has 0 radical (unpaired) electrons. The third kappa shape index (κ3) is 2.20. The summed E-state index contributed by atoms with van der Waals surface area (Å²) in [6.07, 6.45) is 1.57. The zero-order chi connectivity index (χ0) is 18.0. The summed E-state index contributed by atoms with van der Waals surface area (Å²) in [7, 11) is 0. The maximum atomic E-state index is 13.8. The van der Waals surface area contributed by atoms with E-state index in [4.69, 9.17) is 4.74 Å². The van der Waals surface area contributed by atoms with Crippen LogP contribution in [0.5, 0.6) is 0 Å². The van der Waals surface area contributed by atoms with E-state index in [1.165, 1.54) is 33.8 Å². The first-order valence-electron chi connectivity index (χ1n) is 8.42. The van der Waals surface area contributed by atoms with Crippen LogP contribution in [-0.2, 0) is 11.3 Å². The average Bonchev–Trinajstić information content (AvgIpc) is 2.95. The Hall–Kier alpha value is -2.68. The van der Waals surface area contributed by atoms with Gasteiger partial charge in [-0.05, 0) is 19.1 Å². The summed E-state index contributed by atoms with van der Waals surface area (Å²) >= 11 is 0. The summed E-state index contributed by atoms with van der Waals surface area (Å²) in [5.74, 6) is -0.765. The van der Waals surface area contributed by atoms with Gasteiger partial charge < -0.3 is 4.74 Å². The first-order chi connectivity index (χ1) is 12.5. The molecule has 1 saturated heterocycles. The molecular formula is C17H15F2N5O2. The second kappa shape index (κ2) is 5.41. The number of halogens is 2. The Labute approximate surface area is 146 Å². The highest BCUT2D eigenvalue weighted by atomic mass is 19.1. The molecule has 2 aromatic heterocycles. The fraction of sp³-hybridized carbons (Fsp3) is 0.412. The summed E-state index contributed by atoms with van der Waals surface area (Å²) in [6, 6.07) is 3.65. The fourth-order valence-electron chi connectivity index (χ4n) is 3.94. The molecule has 2 fully saturated rings. The number of rotatable bonds is 3. The maximum absolute atomic E-state index is 13.8. The largest absolute Gasteiger partial charge is 0.378 e. The molecule has 2 aliphatic rings. The van der Waals surface area contributed by atoms with Gasteiger partial charge >= 0.3 is 0 Å². The van der Waals surface area contributed by atoms with Gasteiger partial charge in [0.1, 0.15) is 17.2 Å². The average molecular weight is 359 g/mol. The molecule has 26 heavy (non-hydrogen) atoms. The molecule has 0 spiro atoms. The van der Waals surface area contributed by atoms with Gasteiger partial charge in [0.2, 0.25) is 0 Å². The first-order valence-corrected chi connectivity index (χ1v) is 8.42. The van der Waals surface area contributed by atoms with Crippen LogP contribution in [-0.4, -0.2) is 37.5 Å². The molecule has 5 rings (SSSR count). The second-order valence-corrected chi connectivity index (χ2v) is 6.87. The van der Waals surface area contributed by atoms with Gasteiger partial charge in [-0.15, -0.1) is 5.10 Å². The van der Waals surface area contributed by atoms with Crippen LogP contribution < -0.4 is 5.56 Å². The molecule has 0 amide bonds. The van der Waals surface area contributed by atoms with Gasteiger partial charge in [0.25, 0.3) is 5.56 Å². The van der Waals surface area contributed by atoms with E-state index in [0.717, 1.165) is 0 Å². The predicted molar refractivity (Wildman–Crippen MR) is 86.5 cm³/mol. The van der Waals surface area contributed by atoms with Crippen molar-refractivity contribution in [2.75, 3.05) is 6.61 Å². The smallest absolute Gasteiger partial charge is 0.298 e. The molecule has 134 valence electrons. The van der Waals surface area contributed by atoms with Gasteiger partial charge in [0, 0.05) is 17.4 Å². The zero-order valence-electron chi connectivity index (χ0n) is 13.8. The molecule has 9 heteroatoms. The maximum Gasteiger partial charge on any atom is 0.298 e. The van der Waals surface area contributed by atoms with Crippen molar-refractivity contribution in [3.8, 4) is 0 Å². The lowest BCUT2D eigenvalue weighted by atomic mass is 10.2. The molecule has 7 nitrogen and oxygen atoms in total. The monoisotopic (exact) mass is 359 g/mol. The SMILES string of the molecule is C[C@H]1OC[C@@H]2[C@H]1[C@H]2n1nnc2cn(Cc3c(F)cccc3F)nc2c1=O. The summed E-state index contributed by atoms with van der Waals surface area (Å²) < 4.78 is 35.9. The number of ether oxygens (including phenoxy) is 1. The second-order valence-electron chi connectivity index (χ2n) is 6.87. The number of fused-ring (bicyclic) bond motifs is 2. The van der Waals surface area contributed by atoms with E-state index >= 15 is 0 Å². The summed E-state index contributed by atoms with van der Waals surface area (Å²) in [4.78, 5) is 12.7. The summed E-state index contributed by atoms with van der Waals surface area (Å²) in [5.41, 5.74) is -0.000886. The minimum absolute atomic E-state index is 0.0164. The Morgan fingerprint density at radius 2 is 2.08 bits per heavy atom. The zero-order valence-corrected chi connectivity index (χ0v) is 13.8. The lowest BCUT2D eigenvalue weighted by Crippen LogP contribution is -2.27. The third-order valence-electron chi connectivity index (χ3n) is 5.35. The van der Waals surface area contributed by atoms with Gasteiger partial charge in [-0.25, -0.2) is 13.5 Å². The van der Waals surface area contributed by atoms with E-state index in [0.29, 0.717) is 12.1 Å². The molecule has 1 aliphatic carbocycles. The van der Waals surface area contributed by atoms with Crippen molar-refractivity contribution in [3.05, 3.63) is 51.9 Å². The van der Waals surface area contributed by atoms with E-state index in [1.807, 2.05) is 6.92 Å². The summed E-state index contributed by atoms with van der Waals surface area (Å²) in [6.45, 7) is 2.47. The Balaban J connectivity index is 1.51. The number of benzene rings is 1. The Morgan fingerprint density at radius 3 is 2.77 bits per heavy atom. The van der Waals surface area contributed by atoms with Crippen LogP contribution in [0.2, 0.25) is 0 Å². The van der Waals surface area contributed by atoms with Gasteiger partial charge in [-0.3, -0.25) is 9.48 Å². The molecule has 0 unspecified atom stereocenters. The van der Waals surface area contributed by atoms with E-state index in [1.54, 1.807) is 0 Å². The molecule has 3 heterocycles. The van der Waals surface area contributed by atoms with Crippen LogP contribution in [0, 0.1) is 23.5 Å². The number of hydrogen-bond acceptors (Lipinski definition) is 5. The van der Waals surface area contributed by atoms with Gasteiger partial charge in [0.05, 0.1) is 31.5 Å². The van der Waals surface area contributed by atoms with Crippen molar-refractivity contribution in [1.29, 1.82) is 0 Å². The standard InChI is InChI=1S/C17H15F2N5O2/c1-8-14-10(7-26-8)16(14)24-17(25)15-13(20-22-24)6-23(21-15)5-9-11(18)3-2-4-12(9)19/h2-4,6,8,10,14,16H,5,7H2,1H3/t8-,10-,14+,16+/m1/s1. The van der Waals surface area contributed by atoms with Crippen molar-refractivity contribution in [2.24, 2.45) is 11.8 Å². The predicted octanol–water partition coefficient (Wildman–Crippen LogP) is 1.52. The molecular weight excluding hydrogens is 344 g/mol. The minimum Gasteiger partial charge on any atom is -0.378 e. The van der Waals surface area contributed by atoms with E-state index in [9.17, 15) is 13.6 Å². The van der Waals surface area contributed by atoms with Crippen LogP contribution in [0.15, 0.2) is 29.2 Å². The van der Waals surface area contributed by atoms with Gasteiger partial charge in [-0.1, -0.05) is 11.3 Å². The topological polar surface area (TPSA) is 74.8 Å². The Kier molecular flexibility index (Phi) is 3.24.